The van der Waals surface area contributed by atoms with Gasteiger partial charge in [-0.2, -0.15) is 11.8 Å². The quantitative estimate of drug-likeness (QED) is 0.169. The average Bonchev–Trinajstić information content (AvgIpc) is 2.77. The molecule has 0 saturated heterocycles. The summed E-state index contributed by atoms with van der Waals surface area (Å²) in [5.41, 5.74) is 2.65. The van der Waals surface area contributed by atoms with Gasteiger partial charge in [-0.3, -0.25) is 4.79 Å². The van der Waals surface area contributed by atoms with Crippen LogP contribution in [0.25, 0.3) is 0 Å². The predicted molar refractivity (Wildman–Crippen MR) is 154 cm³/mol. The van der Waals surface area contributed by atoms with Crippen molar-refractivity contribution in [3.8, 4) is 5.75 Å². The van der Waals surface area contributed by atoms with Gasteiger partial charge in [0.15, 0.2) is 0 Å². The maximum atomic E-state index is 12.3. The molecule has 202 valence electrons. The highest BCUT2D eigenvalue weighted by Crippen LogP contribution is 2.40. The molecule has 0 bridgehead atoms. The maximum Gasteiger partial charge on any atom is 0.306 e. The third kappa shape index (κ3) is 13.6. The predicted octanol–water partition coefficient (Wildman–Crippen LogP) is 9.12. The summed E-state index contributed by atoms with van der Waals surface area (Å²) in [6, 6.07) is 4.11. The Bertz CT molecular complexity index is 693. The summed E-state index contributed by atoms with van der Waals surface area (Å²) in [5.74, 6) is 2.68. The molecule has 0 atom stereocenters. The van der Waals surface area contributed by atoms with Crippen LogP contribution < -0.4 is 0 Å². The maximum absolute atomic E-state index is 12.3. The van der Waals surface area contributed by atoms with Gasteiger partial charge in [-0.1, -0.05) is 106 Å². The number of rotatable bonds is 17. The summed E-state index contributed by atoms with van der Waals surface area (Å²) >= 11 is 2.04. The van der Waals surface area contributed by atoms with Crippen molar-refractivity contribution in [1.29, 1.82) is 0 Å². The Hall–Kier alpha value is -1.16. The van der Waals surface area contributed by atoms with Crippen LogP contribution in [0.3, 0.4) is 0 Å². The fourth-order valence-corrected chi connectivity index (χ4v) is 5.25. The molecule has 3 nitrogen and oxygen atoms in total. The molecular weight excluding hydrogens is 452 g/mol. The minimum Gasteiger partial charge on any atom is -0.507 e. The normalized spacial score (nSPS) is 12.2. The van der Waals surface area contributed by atoms with Crippen molar-refractivity contribution in [2.45, 2.75) is 136 Å². The molecule has 1 N–H and O–H groups in total. The summed E-state index contributed by atoms with van der Waals surface area (Å²) in [7, 11) is 0. The van der Waals surface area contributed by atoms with Gasteiger partial charge in [0.1, 0.15) is 5.75 Å². The second kappa shape index (κ2) is 16.6. The monoisotopic (exact) mass is 506 g/mol. The summed E-state index contributed by atoms with van der Waals surface area (Å²) in [4.78, 5) is 12.3. The zero-order valence-electron chi connectivity index (χ0n) is 23.9. The molecule has 0 saturated carbocycles. The van der Waals surface area contributed by atoms with Crippen molar-refractivity contribution in [2.75, 3.05) is 18.1 Å². The van der Waals surface area contributed by atoms with E-state index in [2.05, 4.69) is 60.6 Å². The first-order valence-electron chi connectivity index (χ1n) is 14.1. The molecule has 1 aromatic rings. The molecule has 0 amide bonds. The lowest BCUT2D eigenvalue weighted by Crippen LogP contribution is -2.18. The van der Waals surface area contributed by atoms with Crippen LogP contribution in [-0.2, 0) is 26.8 Å². The van der Waals surface area contributed by atoms with Crippen molar-refractivity contribution in [1.82, 2.24) is 0 Å². The first-order chi connectivity index (χ1) is 16.5. The number of aromatic hydroxyl groups is 1. The van der Waals surface area contributed by atoms with E-state index >= 15 is 0 Å². The van der Waals surface area contributed by atoms with Gasteiger partial charge in [0, 0.05) is 6.42 Å². The first kappa shape index (κ1) is 31.9. The van der Waals surface area contributed by atoms with Crippen LogP contribution in [-0.4, -0.2) is 29.2 Å². The Labute approximate surface area is 221 Å². The number of phenolic OH excluding ortho intramolecular Hbond substituents is 1. The average molecular weight is 507 g/mol. The SMILES string of the molecule is CCCCCCCCCCSCCCCOC(=O)CCc1cc(C(C)(C)C)c(O)c(C(C)(C)C)c1. The molecule has 0 fully saturated rings. The van der Waals surface area contributed by atoms with Crippen molar-refractivity contribution >= 4 is 17.7 Å². The molecule has 0 aliphatic carbocycles. The van der Waals surface area contributed by atoms with Gasteiger partial charge in [0.2, 0.25) is 0 Å². The Kier molecular flexibility index (Phi) is 15.1. The number of phenols is 1. The van der Waals surface area contributed by atoms with Gasteiger partial charge >= 0.3 is 5.97 Å². The summed E-state index contributed by atoms with van der Waals surface area (Å²) in [5, 5.41) is 10.9. The van der Waals surface area contributed by atoms with E-state index in [1.165, 1.54) is 57.1 Å². The molecule has 1 aromatic carbocycles. The molecule has 0 aliphatic rings. The van der Waals surface area contributed by atoms with Gasteiger partial charge < -0.3 is 9.84 Å². The molecule has 1 rings (SSSR count). The lowest BCUT2D eigenvalue weighted by molar-refractivity contribution is -0.143. The van der Waals surface area contributed by atoms with Crippen LogP contribution in [0.2, 0.25) is 0 Å². The smallest absolute Gasteiger partial charge is 0.306 e. The molecule has 0 radical (unpaired) electrons. The summed E-state index contributed by atoms with van der Waals surface area (Å²) in [6.07, 6.45) is 14.1. The second-order valence-corrected chi connectivity index (χ2v) is 13.3. The van der Waals surface area contributed by atoms with Crippen molar-refractivity contribution in [3.63, 3.8) is 0 Å². The summed E-state index contributed by atoms with van der Waals surface area (Å²) in [6.45, 7) is 15.5. The largest absolute Gasteiger partial charge is 0.507 e. The highest BCUT2D eigenvalue weighted by molar-refractivity contribution is 7.99. The zero-order valence-corrected chi connectivity index (χ0v) is 24.7. The Morgan fingerprint density at radius 3 is 1.80 bits per heavy atom. The molecule has 0 unspecified atom stereocenters. The fraction of sp³-hybridized carbons (Fsp3) is 0.774. The first-order valence-corrected chi connectivity index (χ1v) is 15.2. The number of esters is 1. The summed E-state index contributed by atoms with van der Waals surface area (Å²) < 4.78 is 5.48. The molecular formula is C31H54O3S. The van der Waals surface area contributed by atoms with Gasteiger partial charge in [0.05, 0.1) is 6.61 Å². The third-order valence-electron chi connectivity index (χ3n) is 6.49. The number of hydrogen-bond acceptors (Lipinski definition) is 4. The van der Waals surface area contributed by atoms with Gasteiger partial charge in [-0.15, -0.1) is 0 Å². The molecule has 0 heterocycles. The number of carbonyl (C=O) groups is 1. The van der Waals surface area contributed by atoms with E-state index < -0.39 is 0 Å². The highest BCUT2D eigenvalue weighted by Gasteiger charge is 2.26. The molecule has 0 spiro atoms. The fourth-order valence-electron chi connectivity index (χ4n) is 4.23. The number of carbonyl (C=O) groups excluding carboxylic acids is 1. The van der Waals surface area contributed by atoms with E-state index in [0.29, 0.717) is 25.2 Å². The van der Waals surface area contributed by atoms with E-state index in [0.717, 1.165) is 35.3 Å². The Balaban J connectivity index is 2.24. The van der Waals surface area contributed by atoms with Crippen LogP contribution >= 0.6 is 11.8 Å². The molecule has 4 heteroatoms. The van der Waals surface area contributed by atoms with Crippen molar-refractivity contribution in [2.24, 2.45) is 0 Å². The van der Waals surface area contributed by atoms with E-state index in [1.807, 2.05) is 11.8 Å². The van der Waals surface area contributed by atoms with Crippen LogP contribution in [0.15, 0.2) is 12.1 Å². The van der Waals surface area contributed by atoms with E-state index in [-0.39, 0.29) is 16.8 Å². The van der Waals surface area contributed by atoms with E-state index in [4.69, 9.17) is 4.74 Å². The van der Waals surface area contributed by atoms with Crippen molar-refractivity contribution < 1.29 is 14.6 Å². The third-order valence-corrected chi connectivity index (χ3v) is 7.65. The number of benzene rings is 1. The lowest BCUT2D eigenvalue weighted by Gasteiger charge is -2.28. The molecule has 0 aliphatic heterocycles. The number of ether oxygens (including phenoxy) is 1. The number of hydrogen-bond donors (Lipinski definition) is 1. The zero-order chi connectivity index (χ0) is 26.3. The van der Waals surface area contributed by atoms with Crippen molar-refractivity contribution in [3.05, 3.63) is 28.8 Å². The minimum atomic E-state index is -0.160. The van der Waals surface area contributed by atoms with E-state index in [9.17, 15) is 9.90 Å². The van der Waals surface area contributed by atoms with Gasteiger partial charge in [0.25, 0.3) is 0 Å². The highest BCUT2D eigenvalue weighted by atomic mass is 32.2. The van der Waals surface area contributed by atoms with Crippen LogP contribution in [0.5, 0.6) is 5.75 Å². The minimum absolute atomic E-state index is 0.126. The van der Waals surface area contributed by atoms with E-state index in [1.54, 1.807) is 0 Å². The number of aryl methyl sites for hydroxylation is 1. The lowest BCUT2D eigenvalue weighted by atomic mass is 9.78. The molecule has 0 aromatic heterocycles. The number of thioether (sulfide) groups is 1. The van der Waals surface area contributed by atoms with Crippen LogP contribution in [0.1, 0.15) is 136 Å². The standard InChI is InChI=1S/C31H54O3S/c1-8-9-10-11-12-13-14-16-21-35-22-17-15-20-34-28(32)19-18-25-23-26(30(2,3)4)29(33)27(24-25)31(5,6)7/h23-24,33H,8-22H2,1-7H3. The Morgan fingerprint density at radius 1 is 0.800 bits per heavy atom. The van der Waals surface area contributed by atoms with Gasteiger partial charge in [-0.25, -0.2) is 0 Å². The van der Waals surface area contributed by atoms with Crippen LogP contribution in [0, 0.1) is 0 Å². The van der Waals surface area contributed by atoms with Crippen LogP contribution in [0.4, 0.5) is 0 Å². The molecule has 35 heavy (non-hydrogen) atoms. The number of unbranched alkanes of at least 4 members (excludes halogenated alkanes) is 8. The topological polar surface area (TPSA) is 46.5 Å². The second-order valence-electron chi connectivity index (χ2n) is 12.1. The van der Waals surface area contributed by atoms with Gasteiger partial charge in [-0.05, 0) is 64.7 Å². The Morgan fingerprint density at radius 2 is 1.29 bits per heavy atom.